The highest BCUT2D eigenvalue weighted by molar-refractivity contribution is 6.06. The Hall–Kier alpha value is -5.39. The van der Waals surface area contributed by atoms with E-state index in [0.717, 1.165) is 59.7 Å². The lowest BCUT2D eigenvalue weighted by Gasteiger charge is -2.17. The van der Waals surface area contributed by atoms with E-state index in [9.17, 15) is 45.8 Å². The SMILES string of the molecule is O=C(NC(Cc1ccc(C(F)(F)F)cc1)C(=O)O)/C(=C\c1cccc(C(F)(F)F)c1)NC(=O)c1ccc(-c2ccccc2)cc1. The van der Waals surface area contributed by atoms with Gasteiger partial charge < -0.3 is 15.7 Å². The third kappa shape index (κ3) is 8.82. The first-order valence-corrected chi connectivity index (χ1v) is 13.3. The molecule has 4 rings (SSSR count). The van der Waals surface area contributed by atoms with Crippen molar-refractivity contribution in [3.63, 3.8) is 0 Å². The number of rotatable bonds is 9. The molecule has 0 fully saturated rings. The van der Waals surface area contributed by atoms with Crippen LogP contribution in [0.25, 0.3) is 17.2 Å². The van der Waals surface area contributed by atoms with E-state index in [0.29, 0.717) is 0 Å². The molecule has 0 saturated heterocycles. The van der Waals surface area contributed by atoms with Crippen LogP contribution in [0.1, 0.15) is 32.6 Å². The van der Waals surface area contributed by atoms with Gasteiger partial charge in [0.1, 0.15) is 11.7 Å². The third-order valence-electron chi connectivity index (χ3n) is 6.60. The number of nitrogens with one attached hydrogen (secondary N) is 2. The molecule has 12 heteroatoms. The normalized spacial score (nSPS) is 12.7. The highest BCUT2D eigenvalue weighted by Crippen LogP contribution is 2.30. The van der Waals surface area contributed by atoms with Gasteiger partial charge in [0.15, 0.2) is 0 Å². The first kappa shape index (κ1) is 32.5. The van der Waals surface area contributed by atoms with Crippen LogP contribution >= 0.6 is 0 Å². The second kappa shape index (κ2) is 13.5. The van der Waals surface area contributed by atoms with Crippen molar-refractivity contribution in [2.45, 2.75) is 24.8 Å². The minimum atomic E-state index is -4.70. The van der Waals surface area contributed by atoms with E-state index in [1.807, 2.05) is 30.3 Å². The highest BCUT2D eigenvalue weighted by atomic mass is 19.4. The number of alkyl halides is 6. The number of amides is 2. The van der Waals surface area contributed by atoms with E-state index in [2.05, 4.69) is 10.6 Å². The van der Waals surface area contributed by atoms with Gasteiger partial charge in [-0.1, -0.05) is 66.7 Å². The van der Waals surface area contributed by atoms with Crippen LogP contribution in [0.15, 0.2) is 109 Å². The predicted molar refractivity (Wildman–Crippen MR) is 153 cm³/mol. The van der Waals surface area contributed by atoms with Crippen molar-refractivity contribution >= 4 is 23.9 Å². The number of carboxylic acids is 1. The first-order valence-electron chi connectivity index (χ1n) is 13.3. The molecular weight excluding hydrogens is 602 g/mol. The summed E-state index contributed by atoms with van der Waals surface area (Å²) < 4.78 is 78.7. The molecule has 232 valence electrons. The summed E-state index contributed by atoms with van der Waals surface area (Å²) in [6, 6.07) is 21.4. The van der Waals surface area contributed by atoms with E-state index in [1.165, 1.54) is 18.2 Å². The number of carbonyl (C=O) groups is 3. The van der Waals surface area contributed by atoms with E-state index >= 15 is 0 Å². The van der Waals surface area contributed by atoms with E-state index < -0.39 is 59.4 Å². The van der Waals surface area contributed by atoms with Crippen LogP contribution in [0.4, 0.5) is 26.3 Å². The molecule has 3 N–H and O–H groups in total. The van der Waals surface area contributed by atoms with Crippen molar-refractivity contribution < 1.29 is 45.8 Å². The van der Waals surface area contributed by atoms with E-state index in [1.54, 1.807) is 12.1 Å². The minimum Gasteiger partial charge on any atom is -0.480 e. The second-order valence-electron chi connectivity index (χ2n) is 9.84. The molecule has 0 bridgehead atoms. The molecule has 0 aliphatic rings. The standard InChI is InChI=1S/C33H24F6N2O4/c34-32(35,36)25-15-9-20(10-16-25)18-28(31(44)45)41-30(43)27(19-21-5-4-8-26(17-21)33(37,38)39)40-29(42)24-13-11-23(12-14-24)22-6-2-1-3-7-22/h1-17,19,28H,18H2,(H,40,42)(H,41,43)(H,44,45)/b27-19+. The maximum Gasteiger partial charge on any atom is 0.416 e. The molecule has 0 radical (unpaired) electrons. The summed E-state index contributed by atoms with van der Waals surface area (Å²) in [7, 11) is 0. The third-order valence-corrected chi connectivity index (χ3v) is 6.60. The minimum absolute atomic E-state index is 0.0944. The molecular formula is C33H24F6N2O4. The largest absolute Gasteiger partial charge is 0.480 e. The maximum atomic E-state index is 13.3. The number of hydrogen-bond donors (Lipinski definition) is 3. The number of carboxylic acid groups (broad SMARTS) is 1. The molecule has 45 heavy (non-hydrogen) atoms. The average Bonchev–Trinajstić information content (AvgIpc) is 3.00. The number of benzene rings is 4. The van der Waals surface area contributed by atoms with Crippen LogP contribution < -0.4 is 10.6 Å². The molecule has 0 aromatic heterocycles. The van der Waals surface area contributed by atoms with E-state index in [-0.39, 0.29) is 16.7 Å². The second-order valence-corrected chi connectivity index (χ2v) is 9.84. The van der Waals surface area contributed by atoms with Crippen LogP contribution in [0, 0.1) is 0 Å². The molecule has 0 saturated carbocycles. The lowest BCUT2D eigenvalue weighted by molar-refractivity contribution is -0.141. The molecule has 0 aliphatic carbocycles. The van der Waals surface area contributed by atoms with Crippen molar-refractivity contribution in [2.24, 2.45) is 0 Å². The van der Waals surface area contributed by atoms with Crippen LogP contribution in [-0.2, 0) is 28.4 Å². The van der Waals surface area contributed by atoms with Gasteiger partial charge in [-0.2, -0.15) is 26.3 Å². The summed E-state index contributed by atoms with van der Waals surface area (Å²) in [6.07, 6.45) is -8.78. The first-order chi connectivity index (χ1) is 21.2. The number of halogens is 6. The summed E-state index contributed by atoms with van der Waals surface area (Å²) in [6.45, 7) is 0. The van der Waals surface area contributed by atoms with Gasteiger partial charge in [-0.05, 0) is 64.7 Å². The quantitative estimate of drug-likeness (QED) is 0.138. The summed E-state index contributed by atoms with van der Waals surface area (Å²) in [5, 5.41) is 14.3. The molecule has 0 aliphatic heterocycles. The van der Waals surface area contributed by atoms with Crippen molar-refractivity contribution in [2.75, 3.05) is 0 Å². The smallest absolute Gasteiger partial charge is 0.416 e. The topological polar surface area (TPSA) is 95.5 Å². The molecule has 4 aromatic carbocycles. The average molecular weight is 627 g/mol. The van der Waals surface area contributed by atoms with Crippen LogP contribution in [-0.4, -0.2) is 28.9 Å². The highest BCUT2D eigenvalue weighted by Gasteiger charge is 2.31. The molecule has 1 unspecified atom stereocenters. The zero-order chi connectivity index (χ0) is 32.8. The fourth-order valence-corrected chi connectivity index (χ4v) is 4.27. The lowest BCUT2D eigenvalue weighted by Crippen LogP contribution is -2.45. The Morgan fingerprint density at radius 2 is 1.31 bits per heavy atom. The Morgan fingerprint density at radius 1 is 0.711 bits per heavy atom. The van der Waals surface area contributed by atoms with Crippen LogP contribution in [0.2, 0.25) is 0 Å². The number of hydrogen-bond acceptors (Lipinski definition) is 3. The zero-order valence-corrected chi connectivity index (χ0v) is 23.1. The Labute approximate surface area is 253 Å². The molecule has 6 nitrogen and oxygen atoms in total. The van der Waals surface area contributed by atoms with Gasteiger partial charge >= 0.3 is 18.3 Å². The van der Waals surface area contributed by atoms with Gasteiger partial charge in [0.25, 0.3) is 11.8 Å². The fraction of sp³-hybridized carbons (Fsp3) is 0.121. The lowest BCUT2D eigenvalue weighted by atomic mass is 10.0. The monoisotopic (exact) mass is 626 g/mol. The summed E-state index contributed by atoms with van der Waals surface area (Å²) >= 11 is 0. The molecule has 4 aromatic rings. The van der Waals surface area contributed by atoms with Crippen molar-refractivity contribution in [3.05, 3.63) is 137 Å². The Bertz CT molecular complexity index is 1700. The van der Waals surface area contributed by atoms with Crippen molar-refractivity contribution in [1.29, 1.82) is 0 Å². The van der Waals surface area contributed by atoms with Gasteiger partial charge in [-0.25, -0.2) is 4.79 Å². The van der Waals surface area contributed by atoms with Gasteiger partial charge in [0, 0.05) is 12.0 Å². The number of aliphatic carboxylic acids is 1. The van der Waals surface area contributed by atoms with Gasteiger partial charge in [-0.15, -0.1) is 0 Å². The zero-order valence-electron chi connectivity index (χ0n) is 23.1. The van der Waals surface area contributed by atoms with Gasteiger partial charge in [0.2, 0.25) is 0 Å². The molecule has 1 atom stereocenters. The van der Waals surface area contributed by atoms with Gasteiger partial charge in [0.05, 0.1) is 11.1 Å². The maximum absolute atomic E-state index is 13.3. The van der Waals surface area contributed by atoms with Crippen molar-refractivity contribution in [1.82, 2.24) is 10.6 Å². The van der Waals surface area contributed by atoms with Crippen LogP contribution in [0.5, 0.6) is 0 Å². The summed E-state index contributed by atoms with van der Waals surface area (Å²) in [5.41, 5.74) is -0.746. The predicted octanol–water partition coefficient (Wildman–Crippen LogP) is 6.97. The van der Waals surface area contributed by atoms with Gasteiger partial charge in [-0.3, -0.25) is 9.59 Å². The summed E-state index contributed by atoms with van der Waals surface area (Å²) in [4.78, 5) is 38.4. The molecule has 0 spiro atoms. The Balaban J connectivity index is 1.61. The fourth-order valence-electron chi connectivity index (χ4n) is 4.27. The number of carbonyl (C=O) groups excluding carboxylic acids is 2. The van der Waals surface area contributed by atoms with Crippen molar-refractivity contribution in [3.8, 4) is 11.1 Å². The Kier molecular flexibility index (Phi) is 9.75. The summed E-state index contributed by atoms with van der Waals surface area (Å²) in [5.74, 6) is -3.50. The van der Waals surface area contributed by atoms with Crippen LogP contribution in [0.3, 0.4) is 0 Å². The Morgan fingerprint density at radius 3 is 1.89 bits per heavy atom. The molecule has 0 heterocycles. The molecule has 2 amide bonds. The van der Waals surface area contributed by atoms with E-state index in [4.69, 9.17) is 0 Å².